The Morgan fingerprint density at radius 3 is 0.966 bits per heavy atom. The Kier molecular flexibility index (Phi) is 6.90. The van der Waals surface area contributed by atoms with E-state index in [2.05, 4.69) is 234 Å². The minimum atomic E-state index is -2.81. The van der Waals surface area contributed by atoms with Gasteiger partial charge in [-0.3, -0.25) is 0 Å². The second kappa shape index (κ2) is 12.3. The highest BCUT2D eigenvalue weighted by Crippen LogP contribution is 2.46. The molecule has 2 nitrogen and oxygen atoms in total. The largest absolute Gasteiger partial charge is 0.312 e. The number of para-hydroxylation sites is 4. The molecule has 0 unspecified atom stereocenters. The van der Waals surface area contributed by atoms with E-state index in [0.29, 0.717) is 0 Å². The first kappa shape index (κ1) is 33.1. The zero-order valence-electron chi connectivity index (χ0n) is 32.3. The second-order valence-corrected chi connectivity index (χ2v) is 23.8. The Labute approximate surface area is 347 Å². The summed E-state index contributed by atoms with van der Waals surface area (Å²) in [5.41, 5.74) is 12.0. The minimum Gasteiger partial charge on any atom is -0.312 e. The van der Waals surface area contributed by atoms with Gasteiger partial charge in [0.1, 0.15) is 0 Å². The fraction of sp³-hybridized carbons (Fsp3) is 0. The molecule has 0 amide bonds. The summed E-state index contributed by atoms with van der Waals surface area (Å²) in [4.78, 5) is 5.29. The van der Waals surface area contributed by atoms with Crippen LogP contribution in [-0.4, -0.2) is 22.9 Å². The quantitative estimate of drug-likeness (QED) is 0.228. The van der Waals surface area contributed by atoms with Crippen molar-refractivity contribution in [3.05, 3.63) is 224 Å². The van der Waals surface area contributed by atoms with E-state index >= 15 is 0 Å². The maximum Gasteiger partial charge on any atom is 0.252 e. The summed E-state index contributed by atoms with van der Waals surface area (Å²) in [7, 11) is -5.61. The van der Waals surface area contributed by atoms with Gasteiger partial charge in [-0.1, -0.05) is 200 Å². The third kappa shape index (κ3) is 4.11. The third-order valence-corrected chi connectivity index (χ3v) is 23.4. The summed E-state index contributed by atoms with van der Waals surface area (Å²) in [5, 5.41) is 11.4. The van der Waals surface area contributed by atoms with Gasteiger partial charge in [0.15, 0.2) is 16.1 Å². The number of fused-ring (bicyclic) bond motifs is 8. The van der Waals surface area contributed by atoms with E-state index in [1.54, 1.807) is 0 Å². The van der Waals surface area contributed by atoms with Gasteiger partial charge in [-0.15, -0.1) is 0 Å². The monoisotopic (exact) mass is 780 g/mol. The number of hydrogen-bond acceptors (Lipinski definition) is 2. The van der Waals surface area contributed by atoms with Crippen LogP contribution in [0.15, 0.2) is 224 Å². The van der Waals surface area contributed by atoms with Crippen molar-refractivity contribution in [2.24, 2.45) is 0 Å². The van der Waals surface area contributed by atoms with Crippen molar-refractivity contribution >= 4 is 115 Å². The zero-order valence-corrected chi connectivity index (χ0v) is 34.3. The second-order valence-electron chi connectivity index (χ2n) is 16.3. The molecule has 13 rings (SSSR count). The van der Waals surface area contributed by atoms with Gasteiger partial charge in [0, 0.05) is 34.1 Å². The molecule has 0 saturated carbocycles. The van der Waals surface area contributed by atoms with Crippen LogP contribution < -0.4 is 67.7 Å². The summed E-state index contributed by atoms with van der Waals surface area (Å²) >= 11 is 0. The van der Waals surface area contributed by atoms with Crippen molar-refractivity contribution in [2.75, 3.05) is 9.80 Å². The van der Waals surface area contributed by atoms with E-state index in [4.69, 9.17) is 0 Å². The Bertz CT molecular complexity index is 2850. The smallest absolute Gasteiger partial charge is 0.252 e. The van der Waals surface area contributed by atoms with Crippen molar-refractivity contribution in [2.45, 2.75) is 0 Å². The van der Waals surface area contributed by atoms with Crippen molar-refractivity contribution in [3.8, 4) is 0 Å². The fourth-order valence-corrected chi connectivity index (χ4v) is 22.0. The molecule has 0 fully saturated rings. The lowest BCUT2D eigenvalue weighted by Crippen LogP contribution is -2.80. The molecule has 0 atom stereocenters. The lowest BCUT2D eigenvalue weighted by Gasteiger charge is -2.53. The molecule has 274 valence electrons. The van der Waals surface area contributed by atoms with Gasteiger partial charge in [-0.05, 0) is 82.1 Å². The minimum absolute atomic E-state index is 0.0469. The van der Waals surface area contributed by atoms with E-state index in [9.17, 15) is 0 Å². The molecule has 0 aliphatic carbocycles. The van der Waals surface area contributed by atoms with E-state index in [1.165, 1.54) is 92.0 Å². The molecule has 0 saturated heterocycles. The Morgan fingerprint density at radius 1 is 0.271 bits per heavy atom. The van der Waals surface area contributed by atoms with Gasteiger partial charge >= 0.3 is 0 Å². The zero-order chi connectivity index (χ0) is 38.7. The van der Waals surface area contributed by atoms with Crippen LogP contribution in [0.1, 0.15) is 0 Å². The fourth-order valence-electron chi connectivity index (χ4n) is 11.7. The molecule has 9 aromatic carbocycles. The number of benzene rings is 9. The summed E-state index contributed by atoms with van der Waals surface area (Å²) in [5.74, 6) is 0. The summed E-state index contributed by atoms with van der Waals surface area (Å²) in [6.07, 6.45) is 0. The highest BCUT2D eigenvalue weighted by molar-refractivity contribution is 7.23. The first-order chi connectivity index (χ1) is 29.3. The first-order valence-corrected chi connectivity index (χ1v) is 24.7. The molecule has 0 N–H and O–H groups in total. The molecule has 9 aromatic rings. The van der Waals surface area contributed by atoms with Crippen LogP contribution in [0.3, 0.4) is 0 Å². The van der Waals surface area contributed by atoms with Gasteiger partial charge in [0.2, 0.25) is 0 Å². The Hall–Kier alpha value is -6.92. The van der Waals surface area contributed by atoms with Crippen molar-refractivity contribution in [1.82, 2.24) is 0 Å². The van der Waals surface area contributed by atoms with Crippen LogP contribution in [0.25, 0.3) is 0 Å². The van der Waals surface area contributed by atoms with Crippen LogP contribution in [0.4, 0.5) is 34.1 Å². The normalized spacial score (nSPS) is 15.3. The molecular formula is C54H37BN2Si2. The molecule has 4 aliphatic rings. The predicted molar refractivity (Wildman–Crippen MR) is 255 cm³/mol. The van der Waals surface area contributed by atoms with E-state index in [-0.39, 0.29) is 6.71 Å². The lowest BCUT2D eigenvalue weighted by molar-refractivity contribution is 1.26. The highest BCUT2D eigenvalue weighted by Gasteiger charge is 2.56. The molecule has 4 heterocycles. The van der Waals surface area contributed by atoms with Crippen LogP contribution in [-0.2, 0) is 0 Å². The molecule has 5 heteroatoms. The number of anilines is 6. The van der Waals surface area contributed by atoms with Crippen LogP contribution in [0, 0.1) is 0 Å². The van der Waals surface area contributed by atoms with Gasteiger partial charge in [-0.2, -0.15) is 0 Å². The van der Waals surface area contributed by atoms with E-state index in [0.717, 1.165) is 0 Å². The maximum atomic E-state index is 2.64. The van der Waals surface area contributed by atoms with Crippen LogP contribution >= 0.6 is 0 Å². The van der Waals surface area contributed by atoms with Gasteiger partial charge in [0.05, 0.1) is 0 Å². The topological polar surface area (TPSA) is 6.48 Å². The van der Waals surface area contributed by atoms with E-state index in [1.807, 2.05) is 0 Å². The number of hydrogen-bond donors (Lipinski definition) is 0. The molecule has 0 bridgehead atoms. The van der Waals surface area contributed by atoms with Crippen LogP contribution in [0.2, 0.25) is 0 Å². The lowest BCUT2D eigenvalue weighted by atomic mass is 9.33. The summed E-state index contributed by atoms with van der Waals surface area (Å²) in [6.45, 7) is 0.0469. The first-order valence-electron chi connectivity index (χ1n) is 20.7. The van der Waals surface area contributed by atoms with Gasteiger partial charge in [-0.25, -0.2) is 0 Å². The van der Waals surface area contributed by atoms with Gasteiger partial charge < -0.3 is 9.80 Å². The van der Waals surface area contributed by atoms with Crippen molar-refractivity contribution in [1.29, 1.82) is 0 Å². The molecule has 0 spiro atoms. The average Bonchev–Trinajstić information content (AvgIpc) is 3.32. The SMILES string of the molecule is c1ccc([Si]2(c3ccccc3)c3ccccc3N3c4cccc5c4B(c4cccc2c43)c2cccc3c2N5c2ccccc2[Si]3(c2ccccc2)c2ccccc2)cc1. The maximum absolute atomic E-state index is 2.81. The molecule has 0 radical (unpaired) electrons. The third-order valence-electron chi connectivity index (χ3n) is 13.8. The Morgan fingerprint density at radius 2 is 0.576 bits per heavy atom. The number of nitrogens with zero attached hydrogens (tertiary/aromatic N) is 2. The van der Waals surface area contributed by atoms with Gasteiger partial charge in [0.25, 0.3) is 6.71 Å². The van der Waals surface area contributed by atoms with Crippen LogP contribution in [0.5, 0.6) is 0 Å². The van der Waals surface area contributed by atoms with E-state index < -0.39 is 16.1 Å². The molecule has 4 aliphatic heterocycles. The highest BCUT2D eigenvalue weighted by atomic mass is 28.3. The Balaban J connectivity index is 1.17. The summed E-state index contributed by atoms with van der Waals surface area (Å²) in [6, 6.07) is 85.9. The standard InChI is InChI=1S/C54H37BN2Si2/c1-5-20-38(21-6-1)58(39-22-7-2-8-23-39)48-34-15-13-30-44(48)56-46-32-19-33-47-52(46)55(42-28-17-36-50(58)53(42)56)43-29-18-37-51-54(43)57(47)45-31-14-16-35-49(45)59(51,40-24-9-3-10-25-40)41-26-11-4-12-27-41/h1-37H. The molecule has 59 heavy (non-hydrogen) atoms. The molecular weight excluding hydrogens is 744 g/mol. The molecule has 0 aromatic heterocycles. The van der Waals surface area contributed by atoms with Crippen molar-refractivity contribution < 1.29 is 0 Å². The van der Waals surface area contributed by atoms with Crippen molar-refractivity contribution in [3.63, 3.8) is 0 Å². The summed E-state index contributed by atoms with van der Waals surface area (Å²) < 4.78 is 0. The number of rotatable bonds is 4. The average molecular weight is 781 g/mol. The predicted octanol–water partition coefficient (Wildman–Crippen LogP) is 5.15.